The normalized spacial score (nSPS) is 11.3. The molecule has 32 heavy (non-hydrogen) atoms. The van der Waals surface area contributed by atoms with Gasteiger partial charge in [0.25, 0.3) is 5.56 Å². The second kappa shape index (κ2) is 9.91. The van der Waals surface area contributed by atoms with Gasteiger partial charge in [0.2, 0.25) is 11.7 Å². The molecule has 0 unspecified atom stereocenters. The third kappa shape index (κ3) is 4.61. The van der Waals surface area contributed by atoms with E-state index in [1.165, 1.54) is 11.8 Å². The molecule has 2 aromatic heterocycles. The van der Waals surface area contributed by atoms with E-state index in [9.17, 15) is 9.59 Å². The first-order valence-electron chi connectivity index (χ1n) is 9.73. The van der Waals surface area contributed by atoms with Crippen molar-refractivity contribution >= 4 is 63.2 Å². The predicted octanol–water partition coefficient (Wildman–Crippen LogP) is 4.12. The van der Waals surface area contributed by atoms with Crippen LogP contribution in [0.25, 0.3) is 16.7 Å². The molecule has 1 N–H and O–H groups in total. The van der Waals surface area contributed by atoms with E-state index in [4.69, 9.17) is 27.9 Å². The number of ether oxygens (including phenoxy) is 1. The number of amides is 1. The smallest absolute Gasteiger partial charge is 0.262 e. The Balaban J connectivity index is 1.64. The zero-order chi connectivity index (χ0) is 22.7. The number of benzene rings is 2. The Bertz CT molecular complexity index is 1350. The molecule has 0 bridgehead atoms. The number of aryl methyl sites for hydroxylation is 1. The van der Waals surface area contributed by atoms with Crippen LogP contribution in [0.1, 0.15) is 6.42 Å². The van der Waals surface area contributed by atoms with Crippen molar-refractivity contribution in [1.82, 2.24) is 19.2 Å². The van der Waals surface area contributed by atoms with Crippen LogP contribution in [0.4, 0.5) is 5.69 Å². The number of hydrogen-bond acceptors (Lipinski definition) is 6. The summed E-state index contributed by atoms with van der Waals surface area (Å²) in [6.45, 7) is 0.963. The van der Waals surface area contributed by atoms with Crippen molar-refractivity contribution in [1.29, 1.82) is 0 Å². The second-order valence-corrected chi connectivity index (χ2v) is 8.69. The molecule has 11 heteroatoms. The molecule has 0 atom stereocenters. The molecule has 2 heterocycles. The minimum absolute atomic E-state index is 0.0702. The lowest BCUT2D eigenvalue weighted by Gasteiger charge is -2.11. The van der Waals surface area contributed by atoms with Crippen molar-refractivity contribution in [2.75, 3.05) is 24.8 Å². The van der Waals surface area contributed by atoms with Crippen molar-refractivity contribution in [3.05, 3.63) is 62.9 Å². The van der Waals surface area contributed by atoms with Crippen molar-refractivity contribution < 1.29 is 9.53 Å². The largest absolute Gasteiger partial charge is 0.385 e. The number of nitrogens with one attached hydrogen (secondary N) is 1. The number of anilines is 1. The van der Waals surface area contributed by atoms with Gasteiger partial charge in [0.15, 0.2) is 5.16 Å². The lowest BCUT2D eigenvalue weighted by molar-refractivity contribution is -0.113. The maximum Gasteiger partial charge on any atom is 0.262 e. The number of thioether (sulfide) groups is 1. The van der Waals surface area contributed by atoms with E-state index in [2.05, 4.69) is 15.5 Å². The Morgan fingerprint density at radius 1 is 1.19 bits per heavy atom. The Labute approximate surface area is 197 Å². The van der Waals surface area contributed by atoms with Gasteiger partial charge in [-0.1, -0.05) is 47.1 Å². The predicted molar refractivity (Wildman–Crippen MR) is 127 cm³/mol. The second-order valence-electron chi connectivity index (χ2n) is 6.90. The van der Waals surface area contributed by atoms with Crippen LogP contribution in [0.3, 0.4) is 0 Å². The van der Waals surface area contributed by atoms with E-state index in [-0.39, 0.29) is 17.2 Å². The quantitative estimate of drug-likeness (QED) is 0.294. The van der Waals surface area contributed by atoms with Crippen LogP contribution in [0.2, 0.25) is 10.0 Å². The summed E-state index contributed by atoms with van der Waals surface area (Å²) < 4.78 is 8.50. The van der Waals surface area contributed by atoms with Crippen LogP contribution >= 0.6 is 35.0 Å². The number of rotatable bonds is 8. The standard InChI is InChI=1S/C21H19Cl2N5O3S/c1-31-10-4-9-27-19(30)14-5-2-3-6-17(14)28-20(27)25-26-21(28)32-12-18(29)24-16-11-13(22)7-8-15(16)23/h2-3,5-8,11H,4,9-10,12H2,1H3,(H,24,29). The van der Waals surface area contributed by atoms with Gasteiger partial charge in [-0.25, -0.2) is 0 Å². The number of aromatic nitrogens is 4. The number of carbonyl (C=O) groups is 1. The molecule has 0 aliphatic carbocycles. The number of para-hydroxylation sites is 1. The van der Waals surface area contributed by atoms with Crippen molar-refractivity contribution in [2.45, 2.75) is 18.1 Å². The van der Waals surface area contributed by atoms with Gasteiger partial charge in [0, 0.05) is 25.3 Å². The van der Waals surface area contributed by atoms with Crippen LogP contribution in [0.5, 0.6) is 0 Å². The molecule has 0 radical (unpaired) electrons. The summed E-state index contributed by atoms with van der Waals surface area (Å²) in [6, 6.07) is 12.1. The van der Waals surface area contributed by atoms with Crippen molar-refractivity contribution in [3.8, 4) is 0 Å². The summed E-state index contributed by atoms with van der Waals surface area (Å²) in [5, 5.41) is 13.2. The van der Waals surface area contributed by atoms with Gasteiger partial charge < -0.3 is 10.1 Å². The molecule has 0 aliphatic rings. The van der Waals surface area contributed by atoms with Crippen molar-refractivity contribution in [3.63, 3.8) is 0 Å². The fourth-order valence-electron chi connectivity index (χ4n) is 3.31. The highest BCUT2D eigenvalue weighted by atomic mass is 35.5. The van der Waals surface area contributed by atoms with Gasteiger partial charge in [0.1, 0.15) is 0 Å². The summed E-state index contributed by atoms with van der Waals surface area (Å²) in [7, 11) is 1.62. The number of fused-ring (bicyclic) bond motifs is 3. The zero-order valence-corrected chi connectivity index (χ0v) is 19.4. The first-order valence-corrected chi connectivity index (χ1v) is 11.5. The lowest BCUT2D eigenvalue weighted by atomic mass is 10.2. The number of nitrogens with zero attached hydrogens (tertiary/aromatic N) is 4. The molecule has 0 fully saturated rings. The zero-order valence-electron chi connectivity index (χ0n) is 17.0. The minimum Gasteiger partial charge on any atom is -0.385 e. The van der Waals surface area contributed by atoms with Gasteiger partial charge in [0.05, 0.1) is 27.4 Å². The summed E-state index contributed by atoms with van der Waals surface area (Å²) >= 11 is 13.3. The van der Waals surface area contributed by atoms with Gasteiger partial charge in [-0.15, -0.1) is 10.2 Å². The Morgan fingerprint density at radius 2 is 2.00 bits per heavy atom. The Hall–Kier alpha value is -2.59. The Morgan fingerprint density at radius 3 is 2.81 bits per heavy atom. The van der Waals surface area contributed by atoms with Gasteiger partial charge in [-0.05, 0) is 36.8 Å². The van der Waals surface area contributed by atoms with E-state index in [1.54, 1.807) is 40.3 Å². The number of methoxy groups -OCH3 is 1. The molecule has 0 spiro atoms. The average Bonchev–Trinajstić information content (AvgIpc) is 3.21. The van der Waals surface area contributed by atoms with Gasteiger partial charge in [-0.3, -0.25) is 18.6 Å². The molecule has 2 aromatic carbocycles. The highest BCUT2D eigenvalue weighted by molar-refractivity contribution is 7.99. The van der Waals surface area contributed by atoms with Crippen molar-refractivity contribution in [2.24, 2.45) is 0 Å². The van der Waals surface area contributed by atoms with Crippen LogP contribution < -0.4 is 10.9 Å². The molecule has 4 aromatic rings. The molecule has 4 rings (SSSR count). The van der Waals surface area contributed by atoms with E-state index in [0.29, 0.717) is 57.1 Å². The number of hydrogen-bond donors (Lipinski definition) is 1. The third-order valence-electron chi connectivity index (χ3n) is 4.74. The molecule has 1 amide bonds. The highest BCUT2D eigenvalue weighted by Gasteiger charge is 2.18. The SMILES string of the molecule is COCCCn1c(=O)c2ccccc2n2c(SCC(=O)Nc3cc(Cl)ccc3Cl)nnc12. The van der Waals surface area contributed by atoms with Gasteiger partial charge in [-0.2, -0.15) is 0 Å². The van der Waals surface area contributed by atoms with Crippen LogP contribution in [0.15, 0.2) is 52.4 Å². The van der Waals surface area contributed by atoms with E-state index >= 15 is 0 Å². The summed E-state index contributed by atoms with van der Waals surface area (Å²) in [4.78, 5) is 25.5. The molecule has 0 saturated carbocycles. The maximum absolute atomic E-state index is 13.0. The summed E-state index contributed by atoms with van der Waals surface area (Å²) in [5.41, 5.74) is 0.982. The molecular weight excluding hydrogens is 473 g/mol. The molecule has 8 nitrogen and oxygen atoms in total. The van der Waals surface area contributed by atoms with E-state index in [1.807, 2.05) is 18.2 Å². The van der Waals surface area contributed by atoms with Gasteiger partial charge >= 0.3 is 0 Å². The fourth-order valence-corrected chi connectivity index (χ4v) is 4.38. The van der Waals surface area contributed by atoms with Crippen LogP contribution in [-0.2, 0) is 16.1 Å². The van der Waals surface area contributed by atoms with E-state index < -0.39 is 0 Å². The topological polar surface area (TPSA) is 90.5 Å². The Kier molecular flexibility index (Phi) is 7.00. The molecule has 166 valence electrons. The van der Waals surface area contributed by atoms with Crippen LogP contribution in [0, 0.1) is 0 Å². The van der Waals surface area contributed by atoms with Crippen LogP contribution in [-0.4, -0.2) is 44.5 Å². The molecule has 0 aliphatic heterocycles. The first-order chi connectivity index (χ1) is 15.5. The van der Waals surface area contributed by atoms with E-state index in [0.717, 1.165) is 0 Å². The summed E-state index contributed by atoms with van der Waals surface area (Å²) in [6.07, 6.45) is 0.655. The maximum atomic E-state index is 13.0. The number of carbonyl (C=O) groups excluding carboxylic acids is 1. The monoisotopic (exact) mass is 491 g/mol. The molecular formula is C21H19Cl2N5O3S. The third-order valence-corrected chi connectivity index (χ3v) is 6.24. The lowest BCUT2D eigenvalue weighted by Crippen LogP contribution is -2.24. The fraction of sp³-hybridized carbons (Fsp3) is 0.238. The summed E-state index contributed by atoms with van der Waals surface area (Å²) in [5.74, 6) is 0.222. The highest BCUT2D eigenvalue weighted by Crippen LogP contribution is 2.26. The molecule has 0 saturated heterocycles. The first kappa shape index (κ1) is 22.6. The minimum atomic E-state index is -0.270. The average molecular weight is 492 g/mol. The number of halogens is 2.